The van der Waals surface area contributed by atoms with Crippen LogP contribution in [0.4, 0.5) is 0 Å². The maximum absolute atomic E-state index is 13.4. The third-order valence-electron chi connectivity index (χ3n) is 5.02. The lowest BCUT2D eigenvalue weighted by Gasteiger charge is -2.14. The van der Waals surface area contributed by atoms with Crippen molar-refractivity contribution >= 4 is 0 Å². The molecule has 0 bridgehead atoms. The van der Waals surface area contributed by atoms with E-state index in [0.717, 1.165) is 0 Å². The summed E-state index contributed by atoms with van der Waals surface area (Å²) in [5, 5.41) is 13.7. The standard InChI is InChI=1S/C19H20N6O3/c1-9-13(17(26)22-20-9)16(14-10(2)21-23-18(14)27)15-11(3)24-25(19(15)28)12-7-5-4-6-8-12/h4-8,16,24H,1-3H3,(H2,20,22,26)(H2,21,23,27). The molecule has 4 aromatic rings. The van der Waals surface area contributed by atoms with E-state index in [2.05, 4.69) is 25.5 Å². The third-order valence-corrected chi connectivity index (χ3v) is 5.02. The Kier molecular flexibility index (Phi) is 4.07. The number of hydrogen-bond donors (Lipinski definition) is 5. The molecular weight excluding hydrogens is 360 g/mol. The van der Waals surface area contributed by atoms with Gasteiger partial charge in [-0.25, -0.2) is 4.68 Å². The monoisotopic (exact) mass is 380 g/mol. The molecule has 3 heterocycles. The van der Waals surface area contributed by atoms with Crippen LogP contribution in [0.1, 0.15) is 39.7 Å². The van der Waals surface area contributed by atoms with Crippen molar-refractivity contribution < 1.29 is 0 Å². The lowest BCUT2D eigenvalue weighted by atomic mass is 9.85. The Morgan fingerprint density at radius 2 is 1.25 bits per heavy atom. The number of rotatable bonds is 4. The Labute approximate surface area is 158 Å². The van der Waals surface area contributed by atoms with Crippen molar-refractivity contribution in [1.29, 1.82) is 0 Å². The molecule has 5 N–H and O–H groups in total. The summed E-state index contributed by atoms with van der Waals surface area (Å²) in [6, 6.07) is 9.13. The SMILES string of the molecule is Cc1[nH][nH]c(=O)c1C(c1c(C)[nH][nH]c1=O)c1c(C)[nH]n(-c2ccccc2)c1=O. The van der Waals surface area contributed by atoms with Crippen LogP contribution in [-0.2, 0) is 0 Å². The number of aromatic nitrogens is 6. The Morgan fingerprint density at radius 3 is 1.71 bits per heavy atom. The summed E-state index contributed by atoms with van der Waals surface area (Å²) in [7, 11) is 0. The zero-order valence-electron chi connectivity index (χ0n) is 15.6. The number of nitrogens with zero attached hydrogens (tertiary/aromatic N) is 1. The highest BCUT2D eigenvalue weighted by Gasteiger charge is 2.33. The van der Waals surface area contributed by atoms with Crippen LogP contribution in [0, 0.1) is 20.8 Å². The first-order valence-electron chi connectivity index (χ1n) is 8.81. The van der Waals surface area contributed by atoms with E-state index in [0.29, 0.717) is 39.5 Å². The summed E-state index contributed by atoms with van der Waals surface area (Å²) in [4.78, 5) is 38.4. The number of benzene rings is 1. The van der Waals surface area contributed by atoms with Crippen LogP contribution in [0.5, 0.6) is 0 Å². The van der Waals surface area contributed by atoms with E-state index in [9.17, 15) is 14.4 Å². The molecule has 0 atom stereocenters. The second-order valence-electron chi connectivity index (χ2n) is 6.80. The van der Waals surface area contributed by atoms with Crippen LogP contribution < -0.4 is 16.7 Å². The molecule has 3 aromatic heterocycles. The molecule has 0 aliphatic rings. The van der Waals surface area contributed by atoms with Crippen LogP contribution in [0.3, 0.4) is 0 Å². The lowest BCUT2D eigenvalue weighted by Crippen LogP contribution is -2.26. The van der Waals surface area contributed by atoms with Gasteiger partial charge in [0.15, 0.2) is 0 Å². The maximum Gasteiger partial charge on any atom is 0.275 e. The molecule has 0 radical (unpaired) electrons. The molecule has 28 heavy (non-hydrogen) atoms. The minimum Gasteiger partial charge on any atom is -0.302 e. The fourth-order valence-electron chi connectivity index (χ4n) is 3.70. The summed E-state index contributed by atoms with van der Waals surface area (Å²) >= 11 is 0. The number of aryl methyl sites for hydroxylation is 3. The molecule has 1 aromatic carbocycles. The van der Waals surface area contributed by atoms with Crippen molar-refractivity contribution in [2.24, 2.45) is 0 Å². The second-order valence-corrected chi connectivity index (χ2v) is 6.80. The highest BCUT2D eigenvalue weighted by atomic mass is 16.1. The first kappa shape index (κ1) is 17.7. The van der Waals surface area contributed by atoms with E-state index in [4.69, 9.17) is 0 Å². The van der Waals surface area contributed by atoms with E-state index in [-0.39, 0.29) is 16.7 Å². The lowest BCUT2D eigenvalue weighted by molar-refractivity contribution is 0.832. The first-order valence-corrected chi connectivity index (χ1v) is 8.81. The molecule has 0 saturated carbocycles. The molecular formula is C19H20N6O3. The minimum atomic E-state index is -0.821. The van der Waals surface area contributed by atoms with Crippen LogP contribution in [-0.4, -0.2) is 30.2 Å². The molecule has 0 aliphatic carbocycles. The van der Waals surface area contributed by atoms with Crippen molar-refractivity contribution in [2.75, 3.05) is 0 Å². The van der Waals surface area contributed by atoms with Gasteiger partial charge in [-0.3, -0.25) is 29.7 Å². The van der Waals surface area contributed by atoms with Crippen LogP contribution in [0.15, 0.2) is 44.7 Å². The predicted molar refractivity (Wildman–Crippen MR) is 104 cm³/mol. The third kappa shape index (κ3) is 2.59. The summed E-state index contributed by atoms with van der Waals surface area (Å²) < 4.78 is 1.42. The largest absolute Gasteiger partial charge is 0.302 e. The Morgan fingerprint density at radius 1 is 0.714 bits per heavy atom. The topological polar surface area (TPSA) is 135 Å². The minimum absolute atomic E-state index is 0.311. The number of aromatic amines is 5. The van der Waals surface area contributed by atoms with E-state index in [1.807, 2.05) is 18.2 Å². The average molecular weight is 380 g/mol. The number of nitrogens with one attached hydrogen (secondary N) is 5. The van der Waals surface area contributed by atoms with Crippen molar-refractivity contribution in [1.82, 2.24) is 30.2 Å². The van der Waals surface area contributed by atoms with Crippen molar-refractivity contribution in [3.05, 3.63) is 95.2 Å². The van der Waals surface area contributed by atoms with Gasteiger partial charge in [0.2, 0.25) is 0 Å². The maximum atomic E-state index is 13.4. The average Bonchev–Trinajstić information content (AvgIpc) is 3.29. The number of H-pyrrole nitrogens is 5. The molecule has 9 heteroatoms. The van der Waals surface area contributed by atoms with Crippen molar-refractivity contribution in [3.63, 3.8) is 0 Å². The van der Waals surface area contributed by atoms with Gasteiger partial charge in [0.25, 0.3) is 16.7 Å². The van der Waals surface area contributed by atoms with Crippen LogP contribution in [0.2, 0.25) is 0 Å². The molecule has 0 aliphatic heterocycles. The molecule has 0 spiro atoms. The highest BCUT2D eigenvalue weighted by molar-refractivity contribution is 5.46. The second kappa shape index (κ2) is 6.45. The zero-order valence-corrected chi connectivity index (χ0v) is 15.6. The molecule has 0 amide bonds. The highest BCUT2D eigenvalue weighted by Crippen LogP contribution is 2.30. The van der Waals surface area contributed by atoms with Gasteiger partial charge in [-0.15, -0.1) is 0 Å². The van der Waals surface area contributed by atoms with Gasteiger partial charge in [0, 0.05) is 17.1 Å². The summed E-state index contributed by atoms with van der Waals surface area (Å²) in [5.41, 5.74) is 2.38. The van der Waals surface area contributed by atoms with Gasteiger partial charge in [-0.2, -0.15) is 0 Å². The van der Waals surface area contributed by atoms with Gasteiger partial charge in [0.05, 0.1) is 28.3 Å². The molecule has 0 saturated heterocycles. The van der Waals surface area contributed by atoms with E-state index in [1.54, 1.807) is 32.9 Å². The van der Waals surface area contributed by atoms with Crippen molar-refractivity contribution in [3.8, 4) is 5.69 Å². The fraction of sp³-hybridized carbons (Fsp3) is 0.211. The molecule has 9 nitrogen and oxygen atoms in total. The van der Waals surface area contributed by atoms with Crippen molar-refractivity contribution in [2.45, 2.75) is 26.7 Å². The van der Waals surface area contributed by atoms with Crippen LogP contribution in [0.25, 0.3) is 5.69 Å². The van der Waals surface area contributed by atoms with Crippen LogP contribution >= 0.6 is 0 Å². The van der Waals surface area contributed by atoms with E-state index in [1.165, 1.54) is 4.68 Å². The Balaban J connectivity index is 2.05. The van der Waals surface area contributed by atoms with Gasteiger partial charge in [-0.05, 0) is 32.9 Å². The molecule has 144 valence electrons. The fourth-order valence-corrected chi connectivity index (χ4v) is 3.70. The summed E-state index contributed by atoms with van der Waals surface area (Å²) in [6.45, 7) is 5.22. The summed E-state index contributed by atoms with van der Waals surface area (Å²) in [6.07, 6.45) is 0. The van der Waals surface area contributed by atoms with Gasteiger partial charge in [-0.1, -0.05) is 18.2 Å². The van der Waals surface area contributed by atoms with Gasteiger partial charge in [0.1, 0.15) is 0 Å². The smallest absolute Gasteiger partial charge is 0.275 e. The number of hydrogen-bond acceptors (Lipinski definition) is 3. The number of para-hydroxylation sites is 1. The Bertz CT molecular complexity index is 1260. The van der Waals surface area contributed by atoms with E-state index >= 15 is 0 Å². The molecule has 4 rings (SSSR count). The van der Waals surface area contributed by atoms with Gasteiger partial charge < -0.3 is 10.2 Å². The van der Waals surface area contributed by atoms with E-state index < -0.39 is 5.92 Å². The normalized spacial score (nSPS) is 11.4. The zero-order chi connectivity index (χ0) is 20.0. The van der Waals surface area contributed by atoms with Gasteiger partial charge >= 0.3 is 0 Å². The predicted octanol–water partition coefficient (Wildman–Crippen LogP) is 1.30. The quantitative estimate of drug-likeness (QED) is 0.365. The molecule has 0 unspecified atom stereocenters. The molecule has 0 fully saturated rings. The first-order chi connectivity index (χ1) is 13.4. The Hall–Kier alpha value is -3.75. The summed E-state index contributed by atoms with van der Waals surface area (Å²) in [5.74, 6) is -0.821.